The first-order valence-electron chi connectivity index (χ1n) is 5.53. The van der Waals surface area contributed by atoms with Crippen molar-refractivity contribution >= 4 is 11.6 Å². The number of nitrogens with zero attached hydrogens (tertiary/aromatic N) is 1. The first-order valence-corrected chi connectivity index (χ1v) is 6.07. The molecule has 1 aliphatic heterocycles. The lowest BCUT2D eigenvalue weighted by Crippen LogP contribution is -2.46. The standard InChI is InChI=1S/C13H18ClN/c1-10-3-4-11(2)13(5-10)9-15-7-12(6-14)8-15/h3-5,12H,6-9H2,1-2H3. The molecule has 0 amide bonds. The number of benzene rings is 1. The van der Waals surface area contributed by atoms with Gasteiger partial charge < -0.3 is 0 Å². The van der Waals surface area contributed by atoms with Gasteiger partial charge in [0, 0.05) is 25.5 Å². The fourth-order valence-electron chi connectivity index (χ4n) is 2.12. The van der Waals surface area contributed by atoms with Gasteiger partial charge in [-0.25, -0.2) is 0 Å². The number of hydrogen-bond acceptors (Lipinski definition) is 1. The van der Waals surface area contributed by atoms with Gasteiger partial charge in [-0.15, -0.1) is 11.6 Å². The highest BCUT2D eigenvalue weighted by atomic mass is 35.5. The maximum absolute atomic E-state index is 5.80. The molecule has 1 saturated heterocycles. The van der Waals surface area contributed by atoms with Gasteiger partial charge in [0.2, 0.25) is 0 Å². The van der Waals surface area contributed by atoms with Gasteiger partial charge in [0.1, 0.15) is 0 Å². The van der Waals surface area contributed by atoms with Crippen LogP contribution in [0, 0.1) is 19.8 Å². The first kappa shape index (κ1) is 11.0. The molecule has 2 rings (SSSR count). The summed E-state index contributed by atoms with van der Waals surface area (Å²) in [6, 6.07) is 6.68. The second-order valence-corrected chi connectivity index (χ2v) is 4.95. The van der Waals surface area contributed by atoms with E-state index in [0.717, 1.165) is 31.4 Å². The molecule has 15 heavy (non-hydrogen) atoms. The molecule has 0 spiro atoms. The van der Waals surface area contributed by atoms with E-state index in [0.29, 0.717) is 0 Å². The number of halogens is 1. The third-order valence-corrected chi connectivity index (χ3v) is 3.59. The summed E-state index contributed by atoms with van der Waals surface area (Å²) in [4.78, 5) is 2.47. The van der Waals surface area contributed by atoms with Crippen LogP contribution in [0.15, 0.2) is 18.2 Å². The summed E-state index contributed by atoms with van der Waals surface area (Å²) in [7, 11) is 0. The summed E-state index contributed by atoms with van der Waals surface area (Å²) in [6.07, 6.45) is 0. The maximum atomic E-state index is 5.80. The van der Waals surface area contributed by atoms with Crippen LogP contribution in [0.3, 0.4) is 0 Å². The van der Waals surface area contributed by atoms with Gasteiger partial charge in [0.05, 0.1) is 0 Å². The number of alkyl halides is 1. The molecule has 1 aliphatic rings. The highest BCUT2D eigenvalue weighted by Gasteiger charge is 2.25. The van der Waals surface area contributed by atoms with Crippen molar-refractivity contribution < 1.29 is 0 Å². The minimum Gasteiger partial charge on any atom is -0.298 e. The van der Waals surface area contributed by atoms with Crippen molar-refractivity contribution in [1.82, 2.24) is 4.90 Å². The third kappa shape index (κ3) is 2.53. The van der Waals surface area contributed by atoms with Gasteiger partial charge in [-0.2, -0.15) is 0 Å². The Labute approximate surface area is 97.0 Å². The molecule has 0 N–H and O–H groups in total. The Morgan fingerprint density at radius 1 is 1.33 bits per heavy atom. The lowest BCUT2D eigenvalue weighted by atomic mass is 9.99. The second kappa shape index (κ2) is 4.54. The number of rotatable bonds is 3. The van der Waals surface area contributed by atoms with Crippen molar-refractivity contribution in [3.8, 4) is 0 Å². The number of hydrogen-bond donors (Lipinski definition) is 0. The average molecular weight is 224 g/mol. The van der Waals surface area contributed by atoms with E-state index in [1.165, 1.54) is 16.7 Å². The monoisotopic (exact) mass is 223 g/mol. The van der Waals surface area contributed by atoms with Gasteiger partial charge in [0.15, 0.2) is 0 Å². The Hall–Kier alpha value is -0.530. The predicted molar refractivity (Wildman–Crippen MR) is 65.4 cm³/mol. The van der Waals surface area contributed by atoms with Crippen LogP contribution in [0.2, 0.25) is 0 Å². The smallest absolute Gasteiger partial charge is 0.0276 e. The van der Waals surface area contributed by atoms with E-state index in [9.17, 15) is 0 Å². The zero-order chi connectivity index (χ0) is 10.8. The Balaban J connectivity index is 1.97. The van der Waals surface area contributed by atoms with Crippen LogP contribution >= 0.6 is 11.6 Å². The van der Waals surface area contributed by atoms with Crippen LogP contribution in [-0.4, -0.2) is 23.9 Å². The fraction of sp³-hybridized carbons (Fsp3) is 0.538. The first-order chi connectivity index (χ1) is 7.19. The van der Waals surface area contributed by atoms with Crippen molar-refractivity contribution in [3.63, 3.8) is 0 Å². The minimum absolute atomic E-state index is 0.719. The number of aryl methyl sites for hydroxylation is 2. The second-order valence-electron chi connectivity index (χ2n) is 4.64. The Kier molecular flexibility index (Phi) is 3.32. The molecule has 0 aromatic heterocycles. The summed E-state index contributed by atoms with van der Waals surface area (Å²) >= 11 is 5.80. The molecule has 0 radical (unpaired) electrons. The topological polar surface area (TPSA) is 3.24 Å². The van der Waals surface area contributed by atoms with Crippen LogP contribution in [0.5, 0.6) is 0 Å². The highest BCUT2D eigenvalue weighted by Crippen LogP contribution is 2.21. The van der Waals surface area contributed by atoms with Crippen LogP contribution in [0.1, 0.15) is 16.7 Å². The largest absolute Gasteiger partial charge is 0.298 e. The molecular weight excluding hydrogens is 206 g/mol. The van der Waals surface area contributed by atoms with Gasteiger partial charge in [-0.1, -0.05) is 23.8 Å². The van der Waals surface area contributed by atoms with Crippen molar-refractivity contribution in [3.05, 3.63) is 34.9 Å². The van der Waals surface area contributed by atoms with E-state index >= 15 is 0 Å². The Morgan fingerprint density at radius 2 is 2.07 bits per heavy atom. The highest BCUT2D eigenvalue weighted by molar-refractivity contribution is 6.18. The quantitative estimate of drug-likeness (QED) is 0.713. The van der Waals surface area contributed by atoms with Crippen molar-refractivity contribution in [2.24, 2.45) is 5.92 Å². The van der Waals surface area contributed by atoms with E-state index in [1.54, 1.807) is 0 Å². The molecule has 0 saturated carbocycles. The summed E-state index contributed by atoms with van der Waals surface area (Å²) in [6.45, 7) is 7.75. The normalized spacial score (nSPS) is 17.8. The SMILES string of the molecule is Cc1ccc(C)c(CN2CC(CCl)C2)c1. The van der Waals surface area contributed by atoms with Crippen LogP contribution in [0.25, 0.3) is 0 Å². The average Bonchev–Trinajstić information content (AvgIpc) is 2.16. The molecule has 2 heteroatoms. The van der Waals surface area contributed by atoms with Crippen molar-refractivity contribution in [1.29, 1.82) is 0 Å². The van der Waals surface area contributed by atoms with E-state index in [2.05, 4.69) is 36.9 Å². The maximum Gasteiger partial charge on any atom is 0.0276 e. The molecule has 1 heterocycles. The van der Waals surface area contributed by atoms with Crippen LogP contribution < -0.4 is 0 Å². The minimum atomic E-state index is 0.719. The lowest BCUT2D eigenvalue weighted by Gasteiger charge is -2.38. The van der Waals surface area contributed by atoms with Crippen molar-refractivity contribution in [2.75, 3.05) is 19.0 Å². The predicted octanol–water partition coefficient (Wildman–Crippen LogP) is 2.97. The molecule has 0 atom stereocenters. The van der Waals surface area contributed by atoms with Crippen LogP contribution in [-0.2, 0) is 6.54 Å². The summed E-state index contributed by atoms with van der Waals surface area (Å²) in [5.41, 5.74) is 4.21. The van der Waals surface area contributed by atoms with Crippen molar-refractivity contribution in [2.45, 2.75) is 20.4 Å². The van der Waals surface area contributed by atoms with E-state index in [-0.39, 0.29) is 0 Å². The van der Waals surface area contributed by atoms with Crippen LogP contribution in [0.4, 0.5) is 0 Å². The van der Waals surface area contributed by atoms with Gasteiger partial charge in [-0.05, 0) is 30.9 Å². The molecular formula is C13H18ClN. The molecule has 1 aromatic carbocycles. The zero-order valence-corrected chi connectivity index (χ0v) is 10.2. The van der Waals surface area contributed by atoms with Gasteiger partial charge in [0.25, 0.3) is 0 Å². The lowest BCUT2D eigenvalue weighted by molar-refractivity contribution is 0.107. The van der Waals surface area contributed by atoms with E-state index in [4.69, 9.17) is 11.6 Å². The third-order valence-electron chi connectivity index (χ3n) is 3.15. The van der Waals surface area contributed by atoms with Gasteiger partial charge >= 0.3 is 0 Å². The zero-order valence-electron chi connectivity index (χ0n) is 9.46. The number of likely N-dealkylation sites (tertiary alicyclic amines) is 1. The van der Waals surface area contributed by atoms with E-state index < -0.39 is 0 Å². The summed E-state index contributed by atoms with van der Waals surface area (Å²) in [5.74, 6) is 1.53. The summed E-state index contributed by atoms with van der Waals surface area (Å²) < 4.78 is 0. The van der Waals surface area contributed by atoms with Gasteiger partial charge in [-0.3, -0.25) is 4.90 Å². The molecule has 1 fully saturated rings. The summed E-state index contributed by atoms with van der Waals surface area (Å²) in [5, 5.41) is 0. The Morgan fingerprint density at radius 3 is 2.73 bits per heavy atom. The fourth-order valence-corrected chi connectivity index (χ4v) is 2.31. The molecule has 1 nitrogen and oxygen atoms in total. The molecule has 0 bridgehead atoms. The van der Waals surface area contributed by atoms with E-state index in [1.807, 2.05) is 0 Å². The molecule has 0 aliphatic carbocycles. The molecule has 0 unspecified atom stereocenters. The Bertz CT molecular complexity index is 342. The molecule has 1 aromatic rings. The molecule has 82 valence electrons.